The summed E-state index contributed by atoms with van der Waals surface area (Å²) in [5.41, 5.74) is 5.52. The van der Waals surface area contributed by atoms with Crippen molar-refractivity contribution < 1.29 is 19.1 Å². The fourth-order valence-corrected chi connectivity index (χ4v) is 4.97. The molecule has 1 atom stereocenters. The summed E-state index contributed by atoms with van der Waals surface area (Å²) >= 11 is 0. The van der Waals surface area contributed by atoms with Gasteiger partial charge in [0, 0.05) is 48.9 Å². The van der Waals surface area contributed by atoms with E-state index in [-0.39, 0.29) is 12.0 Å². The van der Waals surface area contributed by atoms with Gasteiger partial charge in [0.1, 0.15) is 5.60 Å². The van der Waals surface area contributed by atoms with Crippen LogP contribution in [-0.4, -0.2) is 54.3 Å². The molecule has 196 valence electrons. The molecule has 1 aliphatic carbocycles. The third kappa shape index (κ3) is 7.01. The number of alkyl carbamates (subject to hydrolysis) is 1. The number of aromatic amines is 1. The Labute approximate surface area is 218 Å². The zero-order valence-corrected chi connectivity index (χ0v) is 22.2. The van der Waals surface area contributed by atoms with Crippen molar-refractivity contribution in [3.05, 3.63) is 77.0 Å². The van der Waals surface area contributed by atoms with Gasteiger partial charge in [-0.15, -0.1) is 0 Å². The molecular weight excluding hydrogens is 466 g/mol. The van der Waals surface area contributed by atoms with Crippen LogP contribution in [0.1, 0.15) is 55.5 Å². The first-order valence-electron chi connectivity index (χ1n) is 12.9. The van der Waals surface area contributed by atoms with Crippen molar-refractivity contribution >= 4 is 29.0 Å². The Morgan fingerprint density at radius 3 is 2.76 bits per heavy atom. The van der Waals surface area contributed by atoms with Crippen molar-refractivity contribution in [2.45, 2.75) is 51.7 Å². The maximum Gasteiger partial charge on any atom is 0.407 e. The first kappa shape index (κ1) is 26.5. The van der Waals surface area contributed by atoms with Crippen LogP contribution < -0.4 is 5.32 Å². The van der Waals surface area contributed by atoms with Crippen LogP contribution in [-0.2, 0) is 27.1 Å². The fraction of sp³-hybridized carbons (Fsp3) is 0.400. The largest absolute Gasteiger partial charge is 0.466 e. The minimum absolute atomic E-state index is 0.263. The molecular formula is C30H37N3O4. The van der Waals surface area contributed by atoms with Crippen molar-refractivity contribution in [3.8, 4) is 0 Å². The number of esters is 1. The van der Waals surface area contributed by atoms with Gasteiger partial charge in [0.2, 0.25) is 0 Å². The Morgan fingerprint density at radius 2 is 1.97 bits per heavy atom. The number of carbonyl (C=O) groups excluding carboxylic acids is 2. The van der Waals surface area contributed by atoms with Crippen LogP contribution in [0.15, 0.2) is 54.7 Å². The number of rotatable bonds is 9. The summed E-state index contributed by atoms with van der Waals surface area (Å²) in [6.07, 6.45) is 7.84. The molecule has 1 aromatic heterocycles. The van der Waals surface area contributed by atoms with Crippen LogP contribution >= 0.6 is 0 Å². The number of ether oxygens (including phenoxy) is 2. The van der Waals surface area contributed by atoms with Gasteiger partial charge in [-0.25, -0.2) is 9.59 Å². The van der Waals surface area contributed by atoms with Crippen LogP contribution in [0.25, 0.3) is 17.0 Å². The lowest BCUT2D eigenvalue weighted by Crippen LogP contribution is -2.39. The second kappa shape index (κ2) is 11.6. The Bertz CT molecular complexity index is 1270. The summed E-state index contributed by atoms with van der Waals surface area (Å²) in [6.45, 7) is 7.69. The Balaban J connectivity index is 1.48. The van der Waals surface area contributed by atoms with E-state index < -0.39 is 11.7 Å². The smallest absolute Gasteiger partial charge is 0.407 e. The summed E-state index contributed by atoms with van der Waals surface area (Å²) in [4.78, 5) is 29.5. The number of aryl methyl sites for hydroxylation is 1. The van der Waals surface area contributed by atoms with E-state index in [2.05, 4.69) is 51.7 Å². The van der Waals surface area contributed by atoms with E-state index in [9.17, 15) is 9.59 Å². The monoisotopic (exact) mass is 503 g/mol. The summed E-state index contributed by atoms with van der Waals surface area (Å²) in [5, 5.41) is 4.17. The third-order valence-corrected chi connectivity index (χ3v) is 6.68. The lowest BCUT2D eigenvalue weighted by molar-refractivity contribution is -0.134. The van der Waals surface area contributed by atoms with Gasteiger partial charge in [-0.2, -0.15) is 0 Å². The summed E-state index contributed by atoms with van der Waals surface area (Å²) in [7, 11) is 1.38. The molecule has 0 fully saturated rings. The van der Waals surface area contributed by atoms with Crippen LogP contribution in [0.4, 0.5) is 4.79 Å². The number of hydrogen-bond donors (Lipinski definition) is 2. The van der Waals surface area contributed by atoms with Gasteiger partial charge < -0.3 is 19.8 Å². The minimum atomic E-state index is -0.524. The molecule has 2 N–H and O–H groups in total. The molecule has 3 aromatic rings. The van der Waals surface area contributed by atoms with Crippen LogP contribution in [0, 0.1) is 0 Å². The molecule has 7 heteroatoms. The molecule has 0 spiro atoms. The van der Waals surface area contributed by atoms with Crippen molar-refractivity contribution in [1.29, 1.82) is 0 Å². The first-order chi connectivity index (χ1) is 17.7. The maximum absolute atomic E-state index is 12.2. The molecule has 0 bridgehead atoms. The van der Waals surface area contributed by atoms with Gasteiger partial charge in [-0.1, -0.05) is 36.4 Å². The Morgan fingerprint density at radius 1 is 1.16 bits per heavy atom. The topological polar surface area (TPSA) is 83.7 Å². The third-order valence-electron chi connectivity index (χ3n) is 6.68. The average molecular weight is 504 g/mol. The zero-order valence-electron chi connectivity index (χ0n) is 22.2. The quantitative estimate of drug-likeness (QED) is 0.301. The van der Waals surface area contributed by atoms with Crippen LogP contribution in [0.5, 0.6) is 0 Å². The van der Waals surface area contributed by atoms with E-state index in [1.54, 1.807) is 6.08 Å². The van der Waals surface area contributed by atoms with E-state index in [1.807, 2.05) is 32.9 Å². The zero-order chi connectivity index (χ0) is 26.4. The number of amides is 1. The lowest BCUT2D eigenvalue weighted by atomic mass is 10.0. The predicted octanol–water partition coefficient (Wildman–Crippen LogP) is 5.41. The van der Waals surface area contributed by atoms with E-state index >= 15 is 0 Å². The van der Waals surface area contributed by atoms with Gasteiger partial charge in [0.05, 0.1) is 7.11 Å². The number of nitrogens with one attached hydrogen (secondary N) is 2. The Hall–Kier alpha value is -3.58. The second-order valence-corrected chi connectivity index (χ2v) is 10.4. The molecule has 0 saturated carbocycles. The number of methoxy groups -OCH3 is 1. The Kier molecular flexibility index (Phi) is 8.34. The average Bonchev–Trinajstić information content (AvgIpc) is 3.47. The standard InChI is InChI=1S/C30H37N3O4/c1-30(2,3)37-29(35)31-16-18-33(17-15-23-20-32-26-8-6-5-7-24(23)26)27-13-11-22-19-21(9-12-25(22)27)10-14-28(34)36-4/h5-10,12,14,19-20,27,32H,11,13,15-18H2,1-4H3,(H,31,35). The van der Waals surface area contributed by atoms with E-state index in [1.165, 1.54) is 35.3 Å². The number of carbonyl (C=O) groups is 2. The SMILES string of the molecule is COC(=O)C=Cc1ccc2c(c1)CCC2N(CCNC(=O)OC(C)(C)C)CCc1c[nH]c2ccccc12. The van der Waals surface area contributed by atoms with Gasteiger partial charge in [0.15, 0.2) is 0 Å². The highest BCUT2D eigenvalue weighted by molar-refractivity contribution is 5.87. The van der Waals surface area contributed by atoms with Crippen LogP contribution in [0.2, 0.25) is 0 Å². The fourth-order valence-electron chi connectivity index (χ4n) is 4.97. The second-order valence-electron chi connectivity index (χ2n) is 10.4. The molecule has 7 nitrogen and oxygen atoms in total. The van der Waals surface area contributed by atoms with Crippen molar-refractivity contribution in [2.75, 3.05) is 26.7 Å². The molecule has 0 aliphatic heterocycles. The summed E-state index contributed by atoms with van der Waals surface area (Å²) in [5.74, 6) is -0.362. The molecule has 1 aliphatic rings. The minimum Gasteiger partial charge on any atom is -0.466 e. The maximum atomic E-state index is 12.2. The van der Waals surface area contributed by atoms with Crippen molar-refractivity contribution in [2.24, 2.45) is 0 Å². The molecule has 0 radical (unpaired) electrons. The lowest BCUT2D eigenvalue weighted by Gasteiger charge is -2.30. The highest BCUT2D eigenvalue weighted by Gasteiger charge is 2.28. The van der Waals surface area contributed by atoms with Gasteiger partial charge in [0.25, 0.3) is 0 Å². The number of fused-ring (bicyclic) bond motifs is 2. The van der Waals surface area contributed by atoms with Crippen molar-refractivity contribution in [3.63, 3.8) is 0 Å². The first-order valence-corrected chi connectivity index (χ1v) is 12.9. The van der Waals surface area contributed by atoms with Gasteiger partial charge in [-0.3, -0.25) is 4.90 Å². The molecule has 4 rings (SSSR count). The number of para-hydroxylation sites is 1. The summed E-state index contributed by atoms with van der Waals surface area (Å²) in [6, 6.07) is 15.0. The van der Waals surface area contributed by atoms with Crippen LogP contribution in [0.3, 0.4) is 0 Å². The van der Waals surface area contributed by atoms with E-state index in [4.69, 9.17) is 9.47 Å². The van der Waals surface area contributed by atoms with Crippen molar-refractivity contribution in [1.82, 2.24) is 15.2 Å². The molecule has 0 saturated heterocycles. The molecule has 2 aromatic carbocycles. The summed E-state index contributed by atoms with van der Waals surface area (Å²) < 4.78 is 10.1. The molecule has 1 heterocycles. The number of aromatic nitrogens is 1. The number of nitrogens with zero attached hydrogens (tertiary/aromatic N) is 1. The van der Waals surface area contributed by atoms with Gasteiger partial charge >= 0.3 is 12.1 Å². The molecule has 1 amide bonds. The highest BCUT2D eigenvalue weighted by Crippen LogP contribution is 2.36. The predicted molar refractivity (Wildman–Crippen MR) is 146 cm³/mol. The van der Waals surface area contributed by atoms with E-state index in [0.29, 0.717) is 6.54 Å². The normalized spacial score (nSPS) is 15.3. The number of hydrogen-bond acceptors (Lipinski definition) is 5. The highest BCUT2D eigenvalue weighted by atomic mass is 16.6. The number of H-pyrrole nitrogens is 1. The molecule has 1 unspecified atom stereocenters. The van der Waals surface area contributed by atoms with E-state index in [0.717, 1.165) is 43.4 Å². The van der Waals surface area contributed by atoms with Gasteiger partial charge in [-0.05, 0) is 74.4 Å². The molecule has 37 heavy (non-hydrogen) atoms. The number of benzene rings is 2.